The maximum atomic E-state index is 11.5. The van der Waals surface area contributed by atoms with Crippen LogP contribution in [0.1, 0.15) is 32.6 Å². The quantitative estimate of drug-likeness (QED) is 0.624. The van der Waals surface area contributed by atoms with E-state index in [4.69, 9.17) is 10.9 Å². The Hall–Kier alpha value is -1.31. The molecule has 0 bridgehead atoms. The van der Waals surface area contributed by atoms with E-state index in [2.05, 4.69) is 12.2 Å². The third-order valence-corrected chi connectivity index (χ3v) is 5.09. The number of aliphatic hydroxyl groups excluding tert-OH is 1. The molecule has 0 amide bonds. The number of rotatable bonds is 4. The maximum Gasteiger partial charge on any atom is 0.238 e. The van der Waals surface area contributed by atoms with Crippen molar-refractivity contribution in [1.82, 2.24) is 0 Å². The van der Waals surface area contributed by atoms with E-state index in [1.54, 1.807) is 6.07 Å². The standard InChI is InChI=1S/C14H23N3O3S/c1-10-2-4-14(9-18,5-3-10)17-12-6-11(15)7-13(8-12)21(16,19)20/h6-8,10,17-18H,2-5,9,15H2,1H3,(H2,16,19,20). The van der Waals surface area contributed by atoms with Crippen LogP contribution in [0.4, 0.5) is 11.4 Å². The molecular weight excluding hydrogens is 290 g/mol. The number of nitrogens with two attached hydrogens (primary N) is 2. The Labute approximate surface area is 125 Å². The van der Waals surface area contributed by atoms with E-state index in [1.165, 1.54) is 12.1 Å². The highest BCUT2D eigenvalue weighted by atomic mass is 32.2. The molecule has 0 aliphatic heterocycles. The molecule has 0 aromatic heterocycles. The third kappa shape index (κ3) is 3.87. The molecule has 2 rings (SSSR count). The van der Waals surface area contributed by atoms with Crippen molar-refractivity contribution < 1.29 is 13.5 Å². The van der Waals surface area contributed by atoms with Gasteiger partial charge in [-0.1, -0.05) is 6.92 Å². The lowest BCUT2D eigenvalue weighted by molar-refractivity contribution is 0.155. The zero-order chi connectivity index (χ0) is 15.7. The van der Waals surface area contributed by atoms with Crippen LogP contribution in [0, 0.1) is 5.92 Å². The first kappa shape index (κ1) is 16.1. The highest BCUT2D eigenvalue weighted by molar-refractivity contribution is 7.89. The fourth-order valence-electron chi connectivity index (χ4n) is 2.80. The Morgan fingerprint density at radius 2 is 1.95 bits per heavy atom. The van der Waals surface area contributed by atoms with Crippen molar-refractivity contribution in [2.24, 2.45) is 11.1 Å². The molecule has 1 aliphatic carbocycles. The summed E-state index contributed by atoms with van der Waals surface area (Å²) >= 11 is 0. The number of nitrogens with one attached hydrogen (secondary N) is 1. The Bertz CT molecular complexity index is 608. The van der Waals surface area contributed by atoms with Crippen LogP contribution in [-0.2, 0) is 10.0 Å². The van der Waals surface area contributed by atoms with Gasteiger partial charge in [0.15, 0.2) is 0 Å². The maximum absolute atomic E-state index is 11.5. The molecule has 0 spiro atoms. The molecule has 118 valence electrons. The smallest absolute Gasteiger partial charge is 0.238 e. The summed E-state index contributed by atoms with van der Waals surface area (Å²) in [5.74, 6) is 0.646. The summed E-state index contributed by atoms with van der Waals surface area (Å²) in [6.45, 7) is 2.19. The van der Waals surface area contributed by atoms with Gasteiger partial charge in [0.1, 0.15) is 0 Å². The van der Waals surface area contributed by atoms with Crippen molar-refractivity contribution >= 4 is 21.4 Å². The lowest BCUT2D eigenvalue weighted by atomic mass is 9.77. The van der Waals surface area contributed by atoms with Crippen molar-refractivity contribution in [2.75, 3.05) is 17.7 Å². The van der Waals surface area contributed by atoms with E-state index < -0.39 is 15.6 Å². The minimum absolute atomic E-state index is 0.000766. The van der Waals surface area contributed by atoms with Crippen molar-refractivity contribution in [1.29, 1.82) is 0 Å². The molecule has 1 saturated carbocycles. The second kappa shape index (κ2) is 5.82. The lowest BCUT2D eigenvalue weighted by Crippen LogP contribution is -2.45. The Morgan fingerprint density at radius 3 is 2.48 bits per heavy atom. The van der Waals surface area contributed by atoms with Crippen LogP contribution < -0.4 is 16.2 Å². The van der Waals surface area contributed by atoms with Gasteiger partial charge in [-0.25, -0.2) is 13.6 Å². The van der Waals surface area contributed by atoms with Gasteiger partial charge in [0.05, 0.1) is 17.0 Å². The summed E-state index contributed by atoms with van der Waals surface area (Å²) in [5.41, 5.74) is 6.22. The Kier molecular flexibility index (Phi) is 4.46. The van der Waals surface area contributed by atoms with Gasteiger partial charge in [0.2, 0.25) is 10.0 Å². The van der Waals surface area contributed by atoms with Gasteiger partial charge in [0.25, 0.3) is 0 Å². The predicted molar refractivity (Wildman–Crippen MR) is 83.3 cm³/mol. The molecule has 0 unspecified atom stereocenters. The van der Waals surface area contributed by atoms with Crippen LogP contribution in [0.3, 0.4) is 0 Å². The molecule has 21 heavy (non-hydrogen) atoms. The van der Waals surface area contributed by atoms with Crippen molar-refractivity contribution in [3.8, 4) is 0 Å². The molecule has 0 atom stereocenters. The van der Waals surface area contributed by atoms with Crippen molar-refractivity contribution in [3.63, 3.8) is 0 Å². The van der Waals surface area contributed by atoms with E-state index in [1.807, 2.05) is 0 Å². The van der Waals surface area contributed by atoms with Crippen molar-refractivity contribution in [2.45, 2.75) is 43.0 Å². The van der Waals surface area contributed by atoms with E-state index in [9.17, 15) is 13.5 Å². The van der Waals surface area contributed by atoms with E-state index in [0.29, 0.717) is 17.3 Å². The number of hydrogen-bond donors (Lipinski definition) is 4. The fraction of sp³-hybridized carbons (Fsp3) is 0.571. The third-order valence-electron chi connectivity index (χ3n) is 4.20. The molecular formula is C14H23N3O3S. The molecule has 6 N–H and O–H groups in total. The van der Waals surface area contributed by atoms with Crippen LogP contribution in [-0.4, -0.2) is 25.7 Å². The molecule has 0 saturated heterocycles. The lowest BCUT2D eigenvalue weighted by Gasteiger charge is -2.39. The second-order valence-electron chi connectivity index (χ2n) is 6.08. The van der Waals surface area contributed by atoms with Crippen LogP contribution >= 0.6 is 0 Å². The summed E-state index contributed by atoms with van der Waals surface area (Å²) in [6.07, 6.45) is 3.73. The van der Waals surface area contributed by atoms with Gasteiger partial charge in [0, 0.05) is 11.4 Å². The molecule has 7 heteroatoms. The molecule has 1 aromatic rings. The topological polar surface area (TPSA) is 118 Å². The summed E-state index contributed by atoms with van der Waals surface area (Å²) in [5, 5.41) is 18.2. The molecule has 0 radical (unpaired) electrons. The highest BCUT2D eigenvalue weighted by Gasteiger charge is 2.33. The number of hydrogen-bond acceptors (Lipinski definition) is 5. The van der Waals surface area contributed by atoms with E-state index in [-0.39, 0.29) is 11.5 Å². The minimum Gasteiger partial charge on any atom is -0.399 e. The van der Waals surface area contributed by atoms with Gasteiger partial charge in [-0.3, -0.25) is 0 Å². The van der Waals surface area contributed by atoms with E-state index in [0.717, 1.165) is 25.7 Å². The number of sulfonamides is 1. The average Bonchev–Trinajstić information content (AvgIpc) is 2.40. The van der Waals surface area contributed by atoms with Gasteiger partial charge in [-0.2, -0.15) is 0 Å². The first-order valence-corrected chi connectivity index (χ1v) is 8.61. The molecule has 1 fully saturated rings. The second-order valence-corrected chi connectivity index (χ2v) is 7.64. The summed E-state index contributed by atoms with van der Waals surface area (Å²) < 4.78 is 22.9. The Morgan fingerprint density at radius 1 is 1.33 bits per heavy atom. The zero-order valence-corrected chi connectivity index (χ0v) is 13.0. The number of primary sulfonamides is 1. The molecule has 1 aromatic carbocycles. The predicted octanol–water partition coefficient (Wildman–Crippen LogP) is 1.27. The number of benzene rings is 1. The summed E-state index contributed by atoms with van der Waals surface area (Å²) in [7, 11) is -3.81. The van der Waals surface area contributed by atoms with Gasteiger partial charge < -0.3 is 16.2 Å². The van der Waals surface area contributed by atoms with Crippen molar-refractivity contribution in [3.05, 3.63) is 18.2 Å². The van der Waals surface area contributed by atoms with Gasteiger partial charge in [-0.15, -0.1) is 0 Å². The normalized spacial score (nSPS) is 26.5. The number of aliphatic hydroxyl groups is 1. The average molecular weight is 313 g/mol. The number of nitrogen functional groups attached to an aromatic ring is 1. The largest absolute Gasteiger partial charge is 0.399 e. The monoisotopic (exact) mass is 313 g/mol. The number of anilines is 2. The van der Waals surface area contributed by atoms with Gasteiger partial charge in [-0.05, 0) is 49.8 Å². The van der Waals surface area contributed by atoms with Crippen LogP contribution in [0.5, 0.6) is 0 Å². The first-order chi connectivity index (χ1) is 9.74. The molecule has 6 nitrogen and oxygen atoms in total. The Balaban J connectivity index is 2.28. The molecule has 0 heterocycles. The van der Waals surface area contributed by atoms with Crippen LogP contribution in [0.25, 0.3) is 0 Å². The van der Waals surface area contributed by atoms with E-state index >= 15 is 0 Å². The first-order valence-electron chi connectivity index (χ1n) is 7.06. The SMILES string of the molecule is CC1CCC(CO)(Nc2cc(N)cc(S(N)(=O)=O)c2)CC1. The minimum atomic E-state index is -3.81. The fourth-order valence-corrected chi connectivity index (χ4v) is 3.39. The summed E-state index contributed by atoms with van der Waals surface area (Å²) in [6, 6.07) is 4.44. The summed E-state index contributed by atoms with van der Waals surface area (Å²) in [4.78, 5) is -0.0257. The van der Waals surface area contributed by atoms with Gasteiger partial charge >= 0.3 is 0 Å². The highest BCUT2D eigenvalue weighted by Crippen LogP contribution is 2.35. The zero-order valence-electron chi connectivity index (χ0n) is 12.2. The van der Waals surface area contributed by atoms with Crippen LogP contribution in [0.2, 0.25) is 0 Å². The van der Waals surface area contributed by atoms with Crippen LogP contribution in [0.15, 0.2) is 23.1 Å². The molecule has 1 aliphatic rings.